The fourth-order valence-corrected chi connectivity index (χ4v) is 4.38. The van der Waals surface area contributed by atoms with E-state index in [0.717, 1.165) is 61.0 Å². The number of rotatable bonds is 6. The lowest BCUT2D eigenvalue weighted by atomic mass is 9.97. The highest BCUT2D eigenvalue weighted by atomic mass is 19.1. The van der Waals surface area contributed by atoms with Crippen LogP contribution in [0.3, 0.4) is 0 Å². The Hall–Kier alpha value is -3.61. The largest absolute Gasteiger partial charge is 0.463 e. The SMILES string of the molecule is C=C(Cc1ccc(N2CCN(C3=NCCO3)CC2)cc1)c1cc(F)cc(Cn2ccnc2)c1. The first-order chi connectivity index (χ1) is 16.1. The van der Waals surface area contributed by atoms with Gasteiger partial charge in [-0.15, -0.1) is 0 Å². The zero-order valence-corrected chi connectivity index (χ0v) is 18.7. The van der Waals surface area contributed by atoms with E-state index in [1.807, 2.05) is 16.8 Å². The number of aliphatic imine (C=N–C) groups is 1. The molecule has 2 aliphatic rings. The van der Waals surface area contributed by atoms with E-state index in [2.05, 4.69) is 50.6 Å². The van der Waals surface area contributed by atoms with Crippen LogP contribution in [0.15, 0.2) is 72.8 Å². The fraction of sp³-hybridized carbons (Fsp3) is 0.308. The van der Waals surface area contributed by atoms with Gasteiger partial charge in [0, 0.05) is 50.8 Å². The van der Waals surface area contributed by atoms with Crippen LogP contribution < -0.4 is 4.90 Å². The molecule has 1 saturated heterocycles. The van der Waals surface area contributed by atoms with Gasteiger partial charge < -0.3 is 19.1 Å². The summed E-state index contributed by atoms with van der Waals surface area (Å²) in [5.74, 6) is -0.243. The van der Waals surface area contributed by atoms with Crippen LogP contribution >= 0.6 is 0 Å². The molecule has 1 fully saturated rings. The minimum atomic E-state index is -0.243. The first-order valence-electron chi connectivity index (χ1n) is 11.3. The molecule has 0 radical (unpaired) electrons. The van der Waals surface area contributed by atoms with Gasteiger partial charge in [0.25, 0.3) is 6.02 Å². The first kappa shape index (κ1) is 21.2. The van der Waals surface area contributed by atoms with Gasteiger partial charge in [-0.25, -0.2) is 14.4 Å². The van der Waals surface area contributed by atoms with Crippen molar-refractivity contribution in [3.63, 3.8) is 0 Å². The van der Waals surface area contributed by atoms with Gasteiger partial charge in [0.15, 0.2) is 0 Å². The van der Waals surface area contributed by atoms with Crippen molar-refractivity contribution in [2.75, 3.05) is 44.2 Å². The number of hydrogen-bond acceptors (Lipinski definition) is 5. The van der Waals surface area contributed by atoms with Crippen molar-refractivity contribution < 1.29 is 9.13 Å². The van der Waals surface area contributed by atoms with Gasteiger partial charge in [0.2, 0.25) is 0 Å². The number of ether oxygens (including phenoxy) is 1. The van der Waals surface area contributed by atoms with Gasteiger partial charge in [0.05, 0.1) is 12.9 Å². The summed E-state index contributed by atoms with van der Waals surface area (Å²) < 4.78 is 21.8. The van der Waals surface area contributed by atoms with E-state index in [-0.39, 0.29) is 5.82 Å². The van der Waals surface area contributed by atoms with Crippen LogP contribution in [0.1, 0.15) is 16.7 Å². The van der Waals surface area contributed by atoms with Crippen molar-refractivity contribution >= 4 is 17.3 Å². The van der Waals surface area contributed by atoms with Gasteiger partial charge in [-0.2, -0.15) is 0 Å². The highest BCUT2D eigenvalue weighted by molar-refractivity contribution is 5.75. The molecule has 0 bridgehead atoms. The number of amidine groups is 1. The van der Waals surface area contributed by atoms with Gasteiger partial charge in [-0.3, -0.25) is 0 Å². The molecule has 170 valence electrons. The Morgan fingerprint density at radius 1 is 1.00 bits per heavy atom. The Bertz CT molecular complexity index is 1130. The van der Waals surface area contributed by atoms with E-state index in [1.54, 1.807) is 24.7 Å². The summed E-state index contributed by atoms with van der Waals surface area (Å²) >= 11 is 0. The molecule has 0 atom stereocenters. The number of aromatic nitrogens is 2. The second-order valence-electron chi connectivity index (χ2n) is 8.52. The summed E-state index contributed by atoms with van der Waals surface area (Å²) in [5, 5.41) is 0. The molecular weight excluding hydrogens is 417 g/mol. The zero-order valence-electron chi connectivity index (χ0n) is 18.7. The first-order valence-corrected chi connectivity index (χ1v) is 11.3. The molecule has 3 aromatic rings. The second kappa shape index (κ2) is 9.48. The maximum absolute atomic E-state index is 14.3. The molecule has 33 heavy (non-hydrogen) atoms. The van der Waals surface area contributed by atoms with Crippen LogP contribution in [0.25, 0.3) is 5.57 Å². The summed E-state index contributed by atoms with van der Waals surface area (Å²) in [6.45, 7) is 10.00. The second-order valence-corrected chi connectivity index (χ2v) is 8.52. The third-order valence-corrected chi connectivity index (χ3v) is 6.13. The molecule has 6 nitrogen and oxygen atoms in total. The molecule has 2 aliphatic heterocycles. The van der Waals surface area contributed by atoms with Crippen LogP contribution in [0.2, 0.25) is 0 Å². The Balaban J connectivity index is 1.20. The molecule has 0 saturated carbocycles. The number of halogens is 1. The molecule has 0 unspecified atom stereocenters. The lowest BCUT2D eigenvalue weighted by Crippen LogP contribution is -2.48. The lowest BCUT2D eigenvalue weighted by molar-refractivity contribution is 0.255. The molecule has 3 heterocycles. The van der Waals surface area contributed by atoms with Gasteiger partial charge in [0.1, 0.15) is 12.4 Å². The Kier molecular flexibility index (Phi) is 6.11. The van der Waals surface area contributed by atoms with E-state index < -0.39 is 0 Å². The van der Waals surface area contributed by atoms with E-state index in [9.17, 15) is 4.39 Å². The maximum atomic E-state index is 14.3. The van der Waals surface area contributed by atoms with Crippen molar-refractivity contribution in [1.82, 2.24) is 14.5 Å². The number of imidazole rings is 1. The molecule has 0 aliphatic carbocycles. The van der Waals surface area contributed by atoms with Crippen LogP contribution in [0.5, 0.6) is 0 Å². The number of benzene rings is 2. The van der Waals surface area contributed by atoms with Crippen molar-refractivity contribution in [2.45, 2.75) is 13.0 Å². The molecule has 5 rings (SSSR count). The number of allylic oxidation sites excluding steroid dienone is 1. The van der Waals surface area contributed by atoms with E-state index in [4.69, 9.17) is 4.74 Å². The van der Waals surface area contributed by atoms with Crippen LogP contribution in [0, 0.1) is 5.82 Å². The Morgan fingerprint density at radius 2 is 1.79 bits per heavy atom. The lowest BCUT2D eigenvalue weighted by Gasteiger charge is -2.36. The molecule has 2 aromatic carbocycles. The fourth-order valence-electron chi connectivity index (χ4n) is 4.38. The van der Waals surface area contributed by atoms with E-state index >= 15 is 0 Å². The number of anilines is 1. The Morgan fingerprint density at radius 3 is 2.48 bits per heavy atom. The van der Waals surface area contributed by atoms with E-state index in [1.165, 1.54) is 5.69 Å². The van der Waals surface area contributed by atoms with Crippen molar-refractivity contribution in [3.05, 3.63) is 90.3 Å². The smallest absolute Gasteiger partial charge is 0.287 e. The predicted molar refractivity (Wildman–Crippen MR) is 129 cm³/mol. The molecule has 7 heteroatoms. The third-order valence-electron chi connectivity index (χ3n) is 6.13. The average Bonchev–Trinajstić information content (AvgIpc) is 3.54. The highest BCUT2D eigenvalue weighted by Crippen LogP contribution is 2.24. The molecule has 1 aromatic heterocycles. The topological polar surface area (TPSA) is 45.9 Å². The summed E-state index contributed by atoms with van der Waals surface area (Å²) in [4.78, 5) is 13.1. The third kappa shape index (κ3) is 5.08. The van der Waals surface area contributed by atoms with Gasteiger partial charge in [-0.1, -0.05) is 18.7 Å². The van der Waals surface area contributed by atoms with Crippen molar-refractivity contribution in [2.24, 2.45) is 4.99 Å². The van der Waals surface area contributed by atoms with Gasteiger partial charge >= 0.3 is 0 Å². The highest BCUT2D eigenvalue weighted by Gasteiger charge is 2.22. The molecular formula is C26H28FN5O. The summed E-state index contributed by atoms with van der Waals surface area (Å²) in [6, 6.07) is 14.6. The van der Waals surface area contributed by atoms with Crippen LogP contribution in [0.4, 0.5) is 10.1 Å². The summed E-state index contributed by atoms with van der Waals surface area (Å²) in [7, 11) is 0. The molecule has 0 amide bonds. The standard InChI is InChI=1S/C26H28FN5O/c1-20(23-15-22(16-24(27)17-23)18-30-8-6-28-19-30)14-21-2-4-25(5-3-21)31-9-11-32(12-10-31)26-29-7-13-33-26/h2-6,8,15-17,19H,1,7,9-14,18H2. The zero-order chi connectivity index (χ0) is 22.6. The Labute approximate surface area is 193 Å². The minimum absolute atomic E-state index is 0.243. The summed E-state index contributed by atoms with van der Waals surface area (Å²) in [6.07, 6.45) is 6.01. The summed E-state index contributed by atoms with van der Waals surface area (Å²) in [5.41, 5.74) is 5.01. The average molecular weight is 446 g/mol. The van der Waals surface area contributed by atoms with Crippen molar-refractivity contribution in [1.29, 1.82) is 0 Å². The van der Waals surface area contributed by atoms with E-state index in [0.29, 0.717) is 19.6 Å². The molecule has 0 spiro atoms. The monoisotopic (exact) mass is 445 g/mol. The normalized spacial score (nSPS) is 16.0. The number of piperazine rings is 1. The predicted octanol–water partition coefficient (Wildman–Crippen LogP) is 3.83. The van der Waals surface area contributed by atoms with Crippen molar-refractivity contribution in [3.8, 4) is 0 Å². The quantitative estimate of drug-likeness (QED) is 0.579. The molecule has 0 N–H and O–H groups in total. The number of nitrogens with zero attached hydrogens (tertiary/aromatic N) is 5. The minimum Gasteiger partial charge on any atom is -0.463 e. The van der Waals surface area contributed by atoms with Crippen LogP contribution in [-0.4, -0.2) is 59.8 Å². The van der Waals surface area contributed by atoms with Gasteiger partial charge in [-0.05, 0) is 59.0 Å². The maximum Gasteiger partial charge on any atom is 0.287 e. The van der Waals surface area contributed by atoms with Crippen LogP contribution in [-0.2, 0) is 17.7 Å². The number of hydrogen-bond donors (Lipinski definition) is 0.